The van der Waals surface area contributed by atoms with E-state index >= 15 is 0 Å². The highest BCUT2D eigenvalue weighted by Crippen LogP contribution is 2.19. The van der Waals surface area contributed by atoms with E-state index in [1.807, 2.05) is 23.7 Å². The number of rotatable bonds is 2. The lowest BCUT2D eigenvalue weighted by molar-refractivity contribution is 0.596. The molecule has 80 valence electrons. The quantitative estimate of drug-likeness (QED) is 0.738. The molecular formula is C12H15FN2. The van der Waals surface area contributed by atoms with Crippen molar-refractivity contribution in [2.24, 2.45) is 0 Å². The van der Waals surface area contributed by atoms with Gasteiger partial charge < -0.3 is 4.40 Å². The van der Waals surface area contributed by atoms with Gasteiger partial charge in [0.15, 0.2) is 0 Å². The lowest BCUT2D eigenvalue weighted by atomic mass is 10.1. The van der Waals surface area contributed by atoms with E-state index in [1.54, 1.807) is 6.92 Å². The van der Waals surface area contributed by atoms with Crippen LogP contribution in [0.3, 0.4) is 0 Å². The van der Waals surface area contributed by atoms with Gasteiger partial charge in [0.05, 0.1) is 5.69 Å². The molecule has 2 aromatic rings. The molecule has 2 rings (SSSR count). The largest absolute Gasteiger partial charge is 0.306 e. The zero-order valence-electron chi connectivity index (χ0n) is 9.34. The molecule has 15 heavy (non-hydrogen) atoms. The van der Waals surface area contributed by atoms with Crippen LogP contribution in [-0.4, -0.2) is 9.38 Å². The predicted molar refractivity (Wildman–Crippen MR) is 58.6 cm³/mol. The average Bonchev–Trinajstić information content (AvgIpc) is 2.56. The molecule has 0 amide bonds. The number of aryl methyl sites for hydroxylation is 3. The Labute approximate surface area is 88.8 Å². The fraction of sp³-hybridized carbons (Fsp3) is 0.417. The lowest BCUT2D eigenvalue weighted by Gasteiger charge is -2.06. The molecule has 0 spiro atoms. The van der Waals surface area contributed by atoms with Crippen LogP contribution < -0.4 is 0 Å². The Kier molecular flexibility index (Phi) is 2.47. The normalized spacial score (nSPS) is 11.2. The maximum absolute atomic E-state index is 13.9. The van der Waals surface area contributed by atoms with Crippen LogP contribution in [0.1, 0.15) is 30.2 Å². The Hall–Kier alpha value is -1.38. The number of fused-ring (bicyclic) bond motifs is 1. The second-order valence-electron chi connectivity index (χ2n) is 3.96. The first-order chi connectivity index (χ1) is 7.13. The van der Waals surface area contributed by atoms with Gasteiger partial charge in [-0.2, -0.15) is 0 Å². The summed E-state index contributed by atoms with van der Waals surface area (Å²) in [6.07, 6.45) is 5.51. The van der Waals surface area contributed by atoms with Gasteiger partial charge in [0.25, 0.3) is 0 Å². The third-order valence-electron chi connectivity index (χ3n) is 2.61. The summed E-state index contributed by atoms with van der Waals surface area (Å²) in [5.74, 6) is -0.102. The van der Waals surface area contributed by atoms with Crippen LogP contribution in [0, 0.1) is 19.7 Å². The van der Waals surface area contributed by atoms with Gasteiger partial charge in [-0.3, -0.25) is 0 Å². The summed E-state index contributed by atoms with van der Waals surface area (Å²) in [6, 6.07) is 0. The third kappa shape index (κ3) is 1.62. The molecule has 0 saturated heterocycles. The van der Waals surface area contributed by atoms with E-state index in [2.05, 4.69) is 11.9 Å². The van der Waals surface area contributed by atoms with Gasteiger partial charge in [0, 0.05) is 23.5 Å². The number of hydrogen-bond acceptors (Lipinski definition) is 1. The Morgan fingerprint density at radius 3 is 2.73 bits per heavy atom. The van der Waals surface area contributed by atoms with E-state index in [1.165, 1.54) is 0 Å². The molecule has 0 aliphatic rings. The summed E-state index contributed by atoms with van der Waals surface area (Å²) in [5, 5.41) is 0. The first-order valence-electron chi connectivity index (χ1n) is 5.26. The highest BCUT2D eigenvalue weighted by atomic mass is 19.1. The number of imidazole rings is 1. The number of aromatic nitrogens is 2. The van der Waals surface area contributed by atoms with E-state index in [4.69, 9.17) is 0 Å². The van der Waals surface area contributed by atoms with Crippen LogP contribution in [-0.2, 0) is 6.42 Å². The number of nitrogens with zero attached hydrogens (tertiary/aromatic N) is 2. The van der Waals surface area contributed by atoms with Crippen LogP contribution >= 0.6 is 0 Å². The van der Waals surface area contributed by atoms with Gasteiger partial charge in [-0.25, -0.2) is 9.37 Å². The molecule has 0 aliphatic heterocycles. The molecule has 0 saturated carbocycles. The fourth-order valence-corrected chi connectivity index (χ4v) is 1.90. The van der Waals surface area contributed by atoms with Crippen molar-refractivity contribution in [2.75, 3.05) is 0 Å². The van der Waals surface area contributed by atoms with Gasteiger partial charge in [-0.15, -0.1) is 0 Å². The summed E-state index contributed by atoms with van der Waals surface area (Å²) in [5.41, 5.74) is 3.07. The minimum atomic E-state index is -0.102. The highest BCUT2D eigenvalue weighted by molar-refractivity contribution is 5.50. The smallest absolute Gasteiger partial charge is 0.142 e. The molecule has 0 bridgehead atoms. The van der Waals surface area contributed by atoms with Crippen LogP contribution in [0.25, 0.3) is 5.65 Å². The standard InChI is InChI=1S/C12H15FN2/c1-4-5-10-7-15-6-8(2)14-12(15)9(3)11(10)13/h6-7H,4-5H2,1-3H3. The highest BCUT2D eigenvalue weighted by Gasteiger charge is 2.11. The van der Waals surface area contributed by atoms with E-state index in [9.17, 15) is 4.39 Å². The maximum atomic E-state index is 13.9. The van der Waals surface area contributed by atoms with Crippen molar-refractivity contribution in [2.45, 2.75) is 33.6 Å². The minimum Gasteiger partial charge on any atom is -0.306 e. The third-order valence-corrected chi connectivity index (χ3v) is 2.61. The summed E-state index contributed by atoms with van der Waals surface area (Å²) in [6.45, 7) is 5.76. The summed E-state index contributed by atoms with van der Waals surface area (Å²) in [4.78, 5) is 4.30. The average molecular weight is 206 g/mol. The summed E-state index contributed by atoms with van der Waals surface area (Å²) in [7, 11) is 0. The first-order valence-corrected chi connectivity index (χ1v) is 5.26. The SMILES string of the molecule is CCCc1cn2cc(C)nc2c(C)c1F. The Bertz CT molecular complexity index is 500. The fourth-order valence-electron chi connectivity index (χ4n) is 1.90. The summed E-state index contributed by atoms with van der Waals surface area (Å²) >= 11 is 0. The van der Waals surface area contributed by atoms with Gasteiger partial charge in [0.2, 0.25) is 0 Å². The van der Waals surface area contributed by atoms with E-state index in [-0.39, 0.29) is 5.82 Å². The van der Waals surface area contributed by atoms with Gasteiger partial charge in [0.1, 0.15) is 11.5 Å². The summed E-state index contributed by atoms with van der Waals surface area (Å²) < 4.78 is 15.8. The number of halogens is 1. The molecule has 0 fully saturated rings. The number of hydrogen-bond donors (Lipinski definition) is 0. The lowest BCUT2D eigenvalue weighted by Crippen LogP contribution is -1.99. The Morgan fingerprint density at radius 2 is 2.07 bits per heavy atom. The number of pyridine rings is 1. The topological polar surface area (TPSA) is 17.3 Å². The van der Waals surface area contributed by atoms with Crippen molar-refractivity contribution in [3.8, 4) is 0 Å². The van der Waals surface area contributed by atoms with Gasteiger partial charge in [-0.05, 0) is 20.3 Å². The Balaban J connectivity index is 2.70. The molecule has 2 nitrogen and oxygen atoms in total. The zero-order chi connectivity index (χ0) is 11.0. The van der Waals surface area contributed by atoms with E-state index in [0.717, 1.165) is 29.7 Å². The van der Waals surface area contributed by atoms with E-state index in [0.29, 0.717) is 5.56 Å². The van der Waals surface area contributed by atoms with Crippen molar-refractivity contribution in [1.82, 2.24) is 9.38 Å². The molecule has 0 radical (unpaired) electrons. The molecule has 0 aliphatic carbocycles. The van der Waals surface area contributed by atoms with Crippen molar-refractivity contribution in [3.63, 3.8) is 0 Å². The molecule has 0 atom stereocenters. The van der Waals surface area contributed by atoms with Crippen LogP contribution in [0.15, 0.2) is 12.4 Å². The van der Waals surface area contributed by atoms with Crippen LogP contribution in [0.4, 0.5) is 4.39 Å². The van der Waals surface area contributed by atoms with Crippen LogP contribution in [0.5, 0.6) is 0 Å². The second kappa shape index (κ2) is 3.65. The predicted octanol–water partition coefficient (Wildman–Crippen LogP) is 3.04. The van der Waals surface area contributed by atoms with Crippen molar-refractivity contribution in [1.29, 1.82) is 0 Å². The zero-order valence-corrected chi connectivity index (χ0v) is 9.34. The molecule has 2 aromatic heterocycles. The molecule has 3 heteroatoms. The van der Waals surface area contributed by atoms with Crippen LogP contribution in [0.2, 0.25) is 0 Å². The molecule has 0 unspecified atom stereocenters. The maximum Gasteiger partial charge on any atom is 0.142 e. The molecular weight excluding hydrogens is 191 g/mol. The van der Waals surface area contributed by atoms with E-state index < -0.39 is 0 Å². The van der Waals surface area contributed by atoms with Crippen molar-refractivity contribution in [3.05, 3.63) is 35.0 Å². The first kappa shape index (κ1) is 10.1. The Morgan fingerprint density at radius 1 is 1.33 bits per heavy atom. The van der Waals surface area contributed by atoms with Gasteiger partial charge in [-0.1, -0.05) is 13.3 Å². The minimum absolute atomic E-state index is 0.102. The monoisotopic (exact) mass is 206 g/mol. The second-order valence-corrected chi connectivity index (χ2v) is 3.96. The molecule has 2 heterocycles. The van der Waals surface area contributed by atoms with Gasteiger partial charge >= 0.3 is 0 Å². The molecule has 0 N–H and O–H groups in total. The van der Waals surface area contributed by atoms with Crippen molar-refractivity contribution < 1.29 is 4.39 Å². The van der Waals surface area contributed by atoms with Crippen molar-refractivity contribution >= 4 is 5.65 Å². The molecule has 0 aromatic carbocycles.